The van der Waals surface area contributed by atoms with Crippen LogP contribution in [0, 0.1) is 10.1 Å². The van der Waals surface area contributed by atoms with Crippen LogP contribution in [-0.4, -0.2) is 79.8 Å². The Balaban J connectivity index is 0.00000380. The molecule has 3 atom stereocenters. The molecule has 0 saturated carbocycles. The molecule has 4 N–H and O–H groups in total. The van der Waals surface area contributed by atoms with Gasteiger partial charge in [-0.1, -0.05) is 5.16 Å². The van der Waals surface area contributed by atoms with Crippen molar-refractivity contribution in [2.45, 2.75) is 23.6 Å². The second-order valence-corrected chi connectivity index (χ2v) is 9.84. The zero-order chi connectivity index (χ0) is 26.0. The molecule has 17 heteroatoms. The molecule has 2 fully saturated rings. The minimum Gasteiger partial charge on any atom is -0.459 e. The zero-order valence-electron chi connectivity index (χ0n) is 19.1. The number of amides is 2. The first-order chi connectivity index (χ1) is 17.1. The van der Waals surface area contributed by atoms with Crippen LogP contribution in [0.4, 0.5) is 10.8 Å². The van der Waals surface area contributed by atoms with Gasteiger partial charge in [-0.05, 0) is 17.7 Å². The van der Waals surface area contributed by atoms with E-state index in [1.165, 1.54) is 41.7 Å². The second-order valence-electron chi connectivity index (χ2n) is 7.84. The SMILES string of the molecule is CON=C(C(=O)NC1C(=O)N2CC(O)(C(=O)OCc3ccc([N+](=O)[O-])cc3)CS[C@H]12)c1csc(N)n1.Cl. The van der Waals surface area contributed by atoms with Crippen LogP contribution >= 0.6 is 35.5 Å². The first kappa shape index (κ1) is 28.1. The summed E-state index contributed by atoms with van der Waals surface area (Å²) < 4.78 is 5.19. The number of nitrogens with one attached hydrogen (secondary N) is 1. The number of nitrogens with two attached hydrogens (primary N) is 1. The Kier molecular flexibility index (Phi) is 8.57. The predicted octanol–water partition coefficient (Wildman–Crippen LogP) is 0.280. The van der Waals surface area contributed by atoms with Gasteiger partial charge in [0.25, 0.3) is 11.6 Å². The minimum atomic E-state index is -1.95. The fourth-order valence-electron chi connectivity index (χ4n) is 3.58. The van der Waals surface area contributed by atoms with Gasteiger partial charge in [-0.25, -0.2) is 9.78 Å². The lowest BCUT2D eigenvalue weighted by molar-refractivity contribution is -0.384. The number of nitrogen functional groups attached to an aromatic ring is 1. The Morgan fingerprint density at radius 2 is 2.11 bits per heavy atom. The summed E-state index contributed by atoms with van der Waals surface area (Å²) >= 11 is 2.23. The highest BCUT2D eigenvalue weighted by atomic mass is 35.5. The van der Waals surface area contributed by atoms with Crippen LogP contribution in [-0.2, 0) is 30.6 Å². The molecular formula is C20H21ClN6O8S2. The summed E-state index contributed by atoms with van der Waals surface area (Å²) in [5.41, 5.74) is 4.10. The number of aliphatic hydroxyl groups is 1. The van der Waals surface area contributed by atoms with Gasteiger partial charge in [0.15, 0.2) is 16.4 Å². The van der Waals surface area contributed by atoms with E-state index in [0.29, 0.717) is 5.56 Å². The van der Waals surface area contributed by atoms with E-state index >= 15 is 0 Å². The summed E-state index contributed by atoms with van der Waals surface area (Å²) in [6.45, 7) is -0.515. The third-order valence-corrected chi connectivity index (χ3v) is 7.60. The number of carbonyl (C=O) groups is 3. The molecule has 0 bridgehead atoms. The van der Waals surface area contributed by atoms with E-state index in [9.17, 15) is 29.6 Å². The van der Waals surface area contributed by atoms with Crippen molar-refractivity contribution < 1.29 is 34.0 Å². The maximum atomic E-state index is 12.7. The van der Waals surface area contributed by atoms with Crippen molar-refractivity contribution in [3.05, 3.63) is 51.0 Å². The largest absolute Gasteiger partial charge is 0.459 e. The summed E-state index contributed by atoms with van der Waals surface area (Å²) in [6.07, 6.45) is 0. The Labute approximate surface area is 223 Å². The van der Waals surface area contributed by atoms with E-state index in [-0.39, 0.29) is 53.5 Å². The van der Waals surface area contributed by atoms with Crippen molar-refractivity contribution in [3.63, 3.8) is 0 Å². The minimum absolute atomic E-state index is 0. The van der Waals surface area contributed by atoms with Crippen molar-refractivity contribution in [3.8, 4) is 0 Å². The lowest BCUT2D eigenvalue weighted by atomic mass is 9.99. The number of hydrogen-bond acceptors (Lipinski definition) is 13. The molecule has 1 aromatic heterocycles. The van der Waals surface area contributed by atoms with E-state index in [2.05, 4.69) is 15.5 Å². The topological polar surface area (TPSA) is 200 Å². The maximum absolute atomic E-state index is 12.7. The van der Waals surface area contributed by atoms with E-state index in [0.717, 1.165) is 23.1 Å². The fraction of sp³-hybridized carbons (Fsp3) is 0.350. The fourth-order valence-corrected chi connectivity index (χ4v) is 5.52. The molecular weight excluding hydrogens is 552 g/mol. The average molecular weight is 573 g/mol. The third-order valence-electron chi connectivity index (χ3n) is 5.41. The molecule has 4 rings (SSSR count). The summed E-state index contributed by atoms with van der Waals surface area (Å²) in [5.74, 6) is -2.18. The van der Waals surface area contributed by atoms with E-state index in [1.807, 2.05) is 0 Å². The number of anilines is 1. The van der Waals surface area contributed by atoms with E-state index in [4.69, 9.17) is 15.3 Å². The van der Waals surface area contributed by atoms with Crippen molar-refractivity contribution in [1.82, 2.24) is 15.2 Å². The van der Waals surface area contributed by atoms with Crippen molar-refractivity contribution >= 4 is 69.8 Å². The number of halogens is 1. The number of oxime groups is 1. The molecule has 14 nitrogen and oxygen atoms in total. The van der Waals surface area contributed by atoms with E-state index in [1.54, 1.807) is 0 Å². The molecule has 0 radical (unpaired) electrons. The normalized spacial score (nSPS) is 22.7. The molecule has 2 aliphatic heterocycles. The predicted molar refractivity (Wildman–Crippen MR) is 135 cm³/mol. The van der Waals surface area contributed by atoms with Crippen LogP contribution in [0.2, 0.25) is 0 Å². The summed E-state index contributed by atoms with van der Waals surface area (Å²) in [6, 6.07) is 4.53. The number of non-ortho nitro benzene ring substituents is 1. The zero-order valence-corrected chi connectivity index (χ0v) is 21.5. The summed E-state index contributed by atoms with van der Waals surface area (Å²) in [4.78, 5) is 58.2. The van der Waals surface area contributed by atoms with Gasteiger partial charge in [0.1, 0.15) is 30.8 Å². The molecule has 37 heavy (non-hydrogen) atoms. The number of aromatic nitrogens is 1. The summed E-state index contributed by atoms with van der Waals surface area (Å²) in [7, 11) is 1.26. The quantitative estimate of drug-likeness (QED) is 0.129. The number of esters is 1. The molecule has 0 aliphatic carbocycles. The molecule has 2 unspecified atom stereocenters. The van der Waals surface area contributed by atoms with Gasteiger partial charge in [0, 0.05) is 23.3 Å². The molecule has 1 aromatic carbocycles. The number of rotatable bonds is 8. The van der Waals surface area contributed by atoms with E-state index < -0.39 is 39.7 Å². The van der Waals surface area contributed by atoms with Crippen LogP contribution in [0.1, 0.15) is 11.3 Å². The van der Waals surface area contributed by atoms with Gasteiger partial charge in [0.05, 0.1) is 11.5 Å². The Bertz CT molecular complexity index is 1240. The van der Waals surface area contributed by atoms with Crippen molar-refractivity contribution in [2.75, 3.05) is 25.1 Å². The molecule has 2 amide bonds. The highest BCUT2D eigenvalue weighted by molar-refractivity contribution is 8.00. The second kappa shape index (κ2) is 11.3. The molecule has 2 aliphatic rings. The lowest BCUT2D eigenvalue weighted by Gasteiger charge is -2.52. The molecule has 198 valence electrons. The first-order valence-electron chi connectivity index (χ1n) is 10.3. The summed E-state index contributed by atoms with van der Waals surface area (Å²) in [5, 5.41) is 29.1. The number of nitro benzene ring substituents is 1. The number of thioether (sulfide) groups is 1. The highest BCUT2D eigenvalue weighted by Gasteiger charge is 2.57. The van der Waals surface area contributed by atoms with Gasteiger partial charge >= 0.3 is 5.97 Å². The number of nitrogens with zero attached hydrogens (tertiary/aromatic N) is 4. The van der Waals surface area contributed by atoms with Gasteiger partial charge < -0.3 is 30.6 Å². The Hall–Kier alpha value is -3.47. The van der Waals surface area contributed by atoms with Gasteiger partial charge in [0.2, 0.25) is 5.91 Å². The van der Waals surface area contributed by atoms with Crippen LogP contribution < -0.4 is 11.1 Å². The molecule has 0 spiro atoms. The van der Waals surface area contributed by atoms with Gasteiger partial charge in [-0.3, -0.25) is 19.7 Å². The third kappa shape index (κ3) is 5.76. The number of β-lactam (4-membered cyclic amide) rings is 1. The molecule has 2 aromatic rings. The number of benzene rings is 1. The Morgan fingerprint density at radius 3 is 2.70 bits per heavy atom. The highest BCUT2D eigenvalue weighted by Crippen LogP contribution is 2.39. The first-order valence-corrected chi connectivity index (χ1v) is 12.2. The van der Waals surface area contributed by atoms with Gasteiger partial charge in [-0.2, -0.15) is 0 Å². The number of hydrogen-bond donors (Lipinski definition) is 3. The smallest absolute Gasteiger partial charge is 0.341 e. The Morgan fingerprint density at radius 1 is 1.41 bits per heavy atom. The number of carbonyl (C=O) groups excluding carboxylic acids is 3. The van der Waals surface area contributed by atoms with Crippen LogP contribution in [0.25, 0.3) is 0 Å². The average Bonchev–Trinajstić information content (AvgIpc) is 3.30. The van der Waals surface area contributed by atoms with Crippen LogP contribution in [0.3, 0.4) is 0 Å². The van der Waals surface area contributed by atoms with Crippen LogP contribution in [0.5, 0.6) is 0 Å². The number of nitro groups is 1. The monoisotopic (exact) mass is 572 g/mol. The van der Waals surface area contributed by atoms with Crippen molar-refractivity contribution in [2.24, 2.45) is 5.16 Å². The number of fused-ring (bicyclic) bond motifs is 1. The standard InChI is InChI=1S/C20H20N6O8S2.ClH/c1-33-24-13(12-7-35-19(21)22-12)15(27)23-14-16(28)25-8-20(30,9-36-17(14)25)18(29)34-6-10-2-4-11(5-3-10)26(31)32;/h2-5,7,14,17,30H,6,8-9H2,1H3,(H2,21,22)(H,23,27);1H/t14?,17-,20?;/m1./s1. The molecule has 3 heterocycles. The maximum Gasteiger partial charge on any atom is 0.341 e. The number of ether oxygens (including phenoxy) is 1. The van der Waals surface area contributed by atoms with Gasteiger partial charge in [-0.15, -0.1) is 35.5 Å². The van der Waals surface area contributed by atoms with Crippen molar-refractivity contribution in [1.29, 1.82) is 0 Å². The lowest BCUT2D eigenvalue weighted by Crippen LogP contribution is -2.75. The number of thiazole rings is 1. The van der Waals surface area contributed by atoms with Crippen LogP contribution in [0.15, 0.2) is 34.8 Å². The molecule has 2 saturated heterocycles.